The minimum absolute atomic E-state index is 0.380. The second kappa shape index (κ2) is 7.12. The van der Waals surface area contributed by atoms with Crippen molar-refractivity contribution in [1.82, 2.24) is 0 Å². The van der Waals surface area contributed by atoms with Gasteiger partial charge in [-0.25, -0.2) is 0 Å². The molecule has 1 N–H and O–H groups in total. The maximum atomic E-state index is 6.37. The van der Waals surface area contributed by atoms with Gasteiger partial charge in [-0.3, -0.25) is 0 Å². The van der Waals surface area contributed by atoms with Crippen LogP contribution in [0.4, 0.5) is 11.4 Å². The van der Waals surface area contributed by atoms with Gasteiger partial charge in [-0.05, 0) is 56.9 Å². The zero-order valence-electron chi connectivity index (χ0n) is 16.9. The van der Waals surface area contributed by atoms with Crippen LogP contribution in [0.15, 0.2) is 78.9 Å². The summed E-state index contributed by atoms with van der Waals surface area (Å²) in [7, 11) is -0.419. The molecule has 1 aliphatic rings. The summed E-state index contributed by atoms with van der Waals surface area (Å²) < 4.78 is 12.7. The van der Waals surface area contributed by atoms with Gasteiger partial charge in [0.2, 0.25) is 0 Å². The largest absolute Gasteiger partial charge is 0.495 e. The van der Waals surface area contributed by atoms with Crippen molar-refractivity contribution in [2.24, 2.45) is 0 Å². The van der Waals surface area contributed by atoms with E-state index in [0.717, 1.165) is 28.0 Å². The number of rotatable bonds is 4. The van der Waals surface area contributed by atoms with E-state index in [1.165, 1.54) is 0 Å². The van der Waals surface area contributed by atoms with Crippen LogP contribution in [0.25, 0.3) is 11.1 Å². The van der Waals surface area contributed by atoms with Gasteiger partial charge in [0.1, 0.15) is 0 Å². The van der Waals surface area contributed by atoms with E-state index >= 15 is 0 Å². The highest BCUT2D eigenvalue weighted by molar-refractivity contribution is 6.64. The molecule has 28 heavy (non-hydrogen) atoms. The van der Waals surface area contributed by atoms with E-state index in [4.69, 9.17) is 9.31 Å². The molecule has 1 saturated heterocycles. The average molecular weight is 371 g/mol. The Kier molecular flexibility index (Phi) is 4.78. The molecule has 0 unspecified atom stereocenters. The Morgan fingerprint density at radius 3 is 1.86 bits per heavy atom. The molecule has 0 radical (unpaired) electrons. The summed E-state index contributed by atoms with van der Waals surface area (Å²) in [6.07, 6.45) is 0. The minimum Gasteiger partial charge on any atom is -0.399 e. The van der Waals surface area contributed by atoms with E-state index in [9.17, 15) is 0 Å². The van der Waals surface area contributed by atoms with Crippen molar-refractivity contribution in [2.45, 2.75) is 38.9 Å². The van der Waals surface area contributed by atoms with E-state index in [1.54, 1.807) is 0 Å². The van der Waals surface area contributed by atoms with Crippen molar-refractivity contribution in [2.75, 3.05) is 5.32 Å². The van der Waals surface area contributed by atoms with Gasteiger partial charge in [0.05, 0.1) is 11.2 Å². The lowest BCUT2D eigenvalue weighted by Gasteiger charge is -2.32. The fraction of sp³-hybridized carbons (Fsp3) is 0.250. The second-order valence-electron chi connectivity index (χ2n) is 8.22. The van der Waals surface area contributed by atoms with Gasteiger partial charge < -0.3 is 14.6 Å². The van der Waals surface area contributed by atoms with Crippen molar-refractivity contribution in [3.05, 3.63) is 78.9 Å². The van der Waals surface area contributed by atoms with Crippen molar-refractivity contribution in [1.29, 1.82) is 0 Å². The standard InChI is InChI=1S/C24H26BNO2/c1-23(2)24(3,4)28-25(27-23)20-16-11-17-21(26-19-14-9-6-10-15-19)22(20)18-12-7-5-8-13-18/h5-17,26H,1-4H3. The molecule has 0 spiro atoms. The molecular weight excluding hydrogens is 345 g/mol. The monoisotopic (exact) mass is 371 g/mol. The summed E-state index contributed by atoms with van der Waals surface area (Å²) in [5, 5.41) is 3.57. The first-order chi connectivity index (χ1) is 13.4. The highest BCUT2D eigenvalue weighted by atomic mass is 16.7. The molecule has 1 aliphatic heterocycles. The molecule has 4 rings (SSSR count). The topological polar surface area (TPSA) is 30.5 Å². The molecule has 0 bridgehead atoms. The van der Waals surface area contributed by atoms with Gasteiger partial charge >= 0.3 is 7.12 Å². The summed E-state index contributed by atoms with van der Waals surface area (Å²) in [5.41, 5.74) is 4.58. The molecule has 3 aromatic rings. The van der Waals surface area contributed by atoms with Crippen LogP contribution in [-0.4, -0.2) is 18.3 Å². The van der Waals surface area contributed by atoms with Crippen LogP contribution < -0.4 is 10.8 Å². The first-order valence-electron chi connectivity index (χ1n) is 9.73. The van der Waals surface area contributed by atoms with Crippen LogP contribution in [0.1, 0.15) is 27.7 Å². The molecule has 0 aromatic heterocycles. The first kappa shape index (κ1) is 18.8. The summed E-state index contributed by atoms with van der Waals surface area (Å²) >= 11 is 0. The van der Waals surface area contributed by atoms with E-state index in [2.05, 4.69) is 87.6 Å². The predicted octanol–water partition coefficient (Wildman–Crippen LogP) is 5.40. The molecule has 3 aromatic carbocycles. The second-order valence-corrected chi connectivity index (χ2v) is 8.22. The third-order valence-electron chi connectivity index (χ3n) is 5.72. The fourth-order valence-corrected chi connectivity index (χ4v) is 3.44. The highest BCUT2D eigenvalue weighted by Gasteiger charge is 2.52. The quantitative estimate of drug-likeness (QED) is 0.623. The molecule has 1 heterocycles. The van der Waals surface area contributed by atoms with E-state index in [1.807, 2.05) is 24.3 Å². The smallest absolute Gasteiger partial charge is 0.399 e. The average Bonchev–Trinajstić information content (AvgIpc) is 2.90. The fourth-order valence-electron chi connectivity index (χ4n) is 3.44. The summed E-state index contributed by atoms with van der Waals surface area (Å²) in [6.45, 7) is 8.34. The lowest BCUT2D eigenvalue weighted by Crippen LogP contribution is -2.41. The Morgan fingerprint density at radius 2 is 1.25 bits per heavy atom. The molecule has 1 fully saturated rings. The Labute approximate surface area is 167 Å². The van der Waals surface area contributed by atoms with Crippen molar-refractivity contribution >= 4 is 24.0 Å². The first-order valence-corrected chi connectivity index (χ1v) is 9.73. The summed E-state index contributed by atoms with van der Waals surface area (Å²) in [4.78, 5) is 0. The van der Waals surface area contributed by atoms with Crippen molar-refractivity contribution in [3.63, 3.8) is 0 Å². The molecular formula is C24H26BNO2. The van der Waals surface area contributed by atoms with Gasteiger partial charge in [0.25, 0.3) is 0 Å². The van der Waals surface area contributed by atoms with Gasteiger partial charge in [-0.2, -0.15) is 0 Å². The van der Waals surface area contributed by atoms with E-state index in [0.29, 0.717) is 0 Å². The SMILES string of the molecule is CC1(C)OB(c2cccc(Nc3ccccc3)c2-c2ccccc2)OC1(C)C. The maximum absolute atomic E-state index is 6.37. The summed E-state index contributed by atoms with van der Waals surface area (Å²) in [5.74, 6) is 0. The Balaban J connectivity index is 1.82. The van der Waals surface area contributed by atoms with Crippen LogP contribution in [-0.2, 0) is 9.31 Å². The Hall–Kier alpha value is -2.56. The van der Waals surface area contributed by atoms with Gasteiger partial charge in [-0.15, -0.1) is 0 Å². The Bertz CT molecular complexity index is 939. The number of hydrogen-bond acceptors (Lipinski definition) is 3. The molecule has 142 valence electrons. The Morgan fingerprint density at radius 1 is 0.679 bits per heavy atom. The summed E-state index contributed by atoms with van der Waals surface area (Å²) in [6, 6.07) is 26.9. The number of para-hydroxylation sites is 1. The number of hydrogen-bond donors (Lipinski definition) is 1. The lowest BCUT2D eigenvalue weighted by molar-refractivity contribution is 0.00578. The van der Waals surface area contributed by atoms with Gasteiger partial charge in [0.15, 0.2) is 0 Å². The number of nitrogens with one attached hydrogen (secondary N) is 1. The van der Waals surface area contributed by atoms with Gasteiger partial charge in [0, 0.05) is 16.9 Å². The third kappa shape index (κ3) is 3.46. The van der Waals surface area contributed by atoms with Crippen molar-refractivity contribution in [3.8, 4) is 11.1 Å². The molecule has 0 amide bonds. The predicted molar refractivity (Wildman–Crippen MR) is 117 cm³/mol. The molecule has 4 heteroatoms. The lowest BCUT2D eigenvalue weighted by atomic mass is 9.74. The zero-order chi connectivity index (χ0) is 19.8. The molecule has 3 nitrogen and oxygen atoms in total. The minimum atomic E-state index is -0.419. The normalized spacial score (nSPS) is 17.5. The van der Waals surface area contributed by atoms with E-state index < -0.39 is 7.12 Å². The van der Waals surface area contributed by atoms with Crippen LogP contribution in [0, 0.1) is 0 Å². The van der Waals surface area contributed by atoms with Crippen LogP contribution in [0.2, 0.25) is 0 Å². The maximum Gasteiger partial charge on any atom is 0.495 e. The van der Waals surface area contributed by atoms with E-state index in [-0.39, 0.29) is 11.2 Å². The molecule has 0 atom stereocenters. The molecule has 0 aliphatic carbocycles. The van der Waals surface area contributed by atoms with Gasteiger partial charge in [-0.1, -0.05) is 60.7 Å². The molecule has 0 saturated carbocycles. The number of anilines is 2. The van der Waals surface area contributed by atoms with Crippen LogP contribution in [0.3, 0.4) is 0 Å². The number of benzene rings is 3. The van der Waals surface area contributed by atoms with Crippen molar-refractivity contribution < 1.29 is 9.31 Å². The zero-order valence-corrected chi connectivity index (χ0v) is 16.9. The highest BCUT2D eigenvalue weighted by Crippen LogP contribution is 2.38. The third-order valence-corrected chi connectivity index (χ3v) is 5.72. The van der Waals surface area contributed by atoms with Crippen LogP contribution in [0.5, 0.6) is 0 Å². The van der Waals surface area contributed by atoms with Crippen LogP contribution >= 0.6 is 0 Å².